The van der Waals surface area contributed by atoms with Crippen molar-refractivity contribution in [3.05, 3.63) is 59.7 Å². The van der Waals surface area contributed by atoms with Crippen LogP contribution in [0.1, 0.15) is 73.2 Å². The summed E-state index contributed by atoms with van der Waals surface area (Å²) in [6, 6.07) is 5.61. The number of carbonyl (C=O) groups is 4. The quantitative estimate of drug-likeness (QED) is 0.188. The number of aromatic carboxylic acids is 1. The van der Waals surface area contributed by atoms with Crippen LogP contribution in [0.15, 0.2) is 36.7 Å². The molecule has 10 heterocycles. The van der Waals surface area contributed by atoms with Crippen LogP contribution in [0, 0.1) is 13.8 Å². The number of carbonyl (C=O) groups excluding carboxylic acids is 3. The normalized spacial score (nSPS) is 22.2. The number of urea groups is 2. The molecule has 6 aliphatic heterocycles. The molecular formula is C45H54N12O12. The summed E-state index contributed by atoms with van der Waals surface area (Å²) in [5, 5.41) is 15.1. The second-order valence-corrected chi connectivity index (χ2v) is 18.1. The number of methoxy groups -OCH3 is 1. The SMILES string of the molecule is COC(=O)c1nc(C)c2c(n1)N(C(=O)Nc1cc(OC[C@H]3COC(C)(C)O3)ccn1)[C@H]1CCN2C1.Cc1nc(C(=O)O)nc2c1N1CC[C@@H](C1)N2C(=O)Nc1cc(OC[C@H]2COC(C)(C)O2)ccn1. The molecule has 4 fully saturated rings. The van der Waals surface area contributed by atoms with E-state index in [2.05, 4.69) is 50.3 Å². The van der Waals surface area contributed by atoms with Crippen LogP contribution in [0.25, 0.3) is 0 Å². The third-order valence-electron chi connectivity index (χ3n) is 12.2. The van der Waals surface area contributed by atoms with Crippen LogP contribution in [0.5, 0.6) is 11.5 Å². The number of aromatic nitrogens is 6. The molecule has 0 aliphatic carbocycles. The highest BCUT2D eigenvalue weighted by atomic mass is 16.8. The van der Waals surface area contributed by atoms with Crippen LogP contribution in [0.3, 0.4) is 0 Å². The molecule has 24 heteroatoms. The minimum absolute atomic E-state index is 0.0844. The summed E-state index contributed by atoms with van der Waals surface area (Å²) >= 11 is 0. The maximum Gasteiger partial charge on any atom is 0.376 e. The van der Waals surface area contributed by atoms with Gasteiger partial charge >= 0.3 is 24.0 Å². The Labute approximate surface area is 396 Å². The van der Waals surface area contributed by atoms with E-state index < -0.39 is 35.6 Å². The van der Waals surface area contributed by atoms with E-state index in [1.807, 2.05) is 27.7 Å². The summed E-state index contributed by atoms with van der Waals surface area (Å²) < 4.78 is 39.0. The fourth-order valence-corrected chi connectivity index (χ4v) is 9.19. The molecule has 0 aromatic carbocycles. The molecule has 3 N–H and O–H groups in total. The zero-order valence-corrected chi connectivity index (χ0v) is 39.3. The number of esters is 1. The van der Waals surface area contributed by atoms with Crippen molar-refractivity contribution in [2.24, 2.45) is 0 Å². The number of hydrogen-bond acceptors (Lipinski definition) is 19. The van der Waals surface area contributed by atoms with Gasteiger partial charge in [0.1, 0.15) is 59.9 Å². The van der Waals surface area contributed by atoms with Gasteiger partial charge in [-0.15, -0.1) is 0 Å². The second-order valence-electron chi connectivity index (χ2n) is 18.1. The summed E-state index contributed by atoms with van der Waals surface area (Å²) in [5.74, 6) is -1.20. The standard InChI is InChI=1S/C23H28N6O6.C22H26N6O6/c1-13-18-20(27-19(25-13)21(30)32-4)29(14-6-8-28(18)10-14)22(31)26-17-9-15(5-7-24-17)33-11-16-12-34-23(2,3)35-16;1-12-17-19(26-18(24-12)20(29)30)28(13-5-7-27(17)9-13)21(31)25-16-8-14(4-6-23-16)32-10-15-11-33-22(2,3)34-15/h5,7,9,14,16H,6,8,10-12H2,1-4H3,(H,24,26,31);4,6,8,13,15H,5,7,9-11H2,1-3H3,(H,29,30)(H,23,25,31)/t14-,16-;13-,15-/m00/s1. The van der Waals surface area contributed by atoms with Crippen molar-refractivity contribution in [3.63, 3.8) is 0 Å². The number of amides is 4. The molecule has 6 aliphatic rings. The maximum absolute atomic E-state index is 13.4. The number of pyridine rings is 2. The van der Waals surface area contributed by atoms with E-state index in [1.165, 1.54) is 18.2 Å². The predicted molar refractivity (Wildman–Crippen MR) is 245 cm³/mol. The molecule has 69 heavy (non-hydrogen) atoms. The number of fused-ring (bicyclic) bond motifs is 8. The number of aryl methyl sites for hydroxylation is 2. The number of hydrogen-bond donors (Lipinski definition) is 3. The molecule has 10 rings (SSSR count). The van der Waals surface area contributed by atoms with E-state index in [-0.39, 0.29) is 35.9 Å². The lowest BCUT2D eigenvalue weighted by atomic mass is 10.1. The Bertz CT molecular complexity index is 2650. The van der Waals surface area contributed by atoms with Gasteiger partial charge in [-0.1, -0.05) is 0 Å². The van der Waals surface area contributed by atoms with Crippen LogP contribution in [-0.4, -0.2) is 155 Å². The molecule has 366 valence electrons. The molecule has 4 aromatic rings. The smallest absolute Gasteiger partial charge is 0.376 e. The number of ether oxygens (including phenoxy) is 7. The van der Waals surface area contributed by atoms with Gasteiger partial charge in [0.25, 0.3) is 0 Å². The Kier molecular flexibility index (Phi) is 12.8. The van der Waals surface area contributed by atoms with Crippen molar-refractivity contribution in [1.29, 1.82) is 0 Å². The molecule has 0 radical (unpaired) electrons. The highest BCUT2D eigenvalue weighted by Gasteiger charge is 2.44. The highest BCUT2D eigenvalue weighted by molar-refractivity contribution is 6.06. The molecule has 4 aromatic heterocycles. The third-order valence-corrected chi connectivity index (χ3v) is 12.2. The van der Waals surface area contributed by atoms with E-state index >= 15 is 0 Å². The van der Waals surface area contributed by atoms with Gasteiger partial charge in [-0.2, -0.15) is 0 Å². The first kappa shape index (κ1) is 47.1. The van der Waals surface area contributed by atoms with Crippen LogP contribution < -0.4 is 39.7 Å². The maximum atomic E-state index is 13.4. The number of carboxylic acids is 1. The molecule has 4 atom stereocenters. The minimum atomic E-state index is -1.24. The number of nitrogens with one attached hydrogen (secondary N) is 2. The topological polar surface area (TPSA) is 267 Å². The Morgan fingerprint density at radius 2 is 1.16 bits per heavy atom. The first-order chi connectivity index (χ1) is 32.9. The summed E-state index contributed by atoms with van der Waals surface area (Å²) in [5.41, 5.74) is 2.56. The fraction of sp³-hybridized carbons (Fsp3) is 0.511. The van der Waals surface area contributed by atoms with Crippen molar-refractivity contribution in [2.75, 3.05) is 89.9 Å². The van der Waals surface area contributed by atoms with Crippen LogP contribution in [-0.2, 0) is 23.7 Å². The van der Waals surface area contributed by atoms with E-state index in [0.29, 0.717) is 91.4 Å². The lowest BCUT2D eigenvalue weighted by Crippen LogP contribution is -2.49. The monoisotopic (exact) mass is 954 g/mol. The van der Waals surface area contributed by atoms with Gasteiger partial charge < -0.3 is 48.1 Å². The van der Waals surface area contributed by atoms with Crippen LogP contribution in [0.2, 0.25) is 0 Å². The Morgan fingerprint density at radius 1 is 0.710 bits per heavy atom. The van der Waals surface area contributed by atoms with Crippen molar-refractivity contribution < 1.29 is 57.4 Å². The number of anilines is 6. The first-order valence-electron chi connectivity index (χ1n) is 22.5. The number of rotatable bonds is 10. The zero-order chi connectivity index (χ0) is 48.8. The summed E-state index contributed by atoms with van der Waals surface area (Å²) in [6.07, 6.45) is 4.23. The van der Waals surface area contributed by atoms with Crippen molar-refractivity contribution in [2.45, 2.75) is 90.2 Å². The molecule has 4 saturated heterocycles. The van der Waals surface area contributed by atoms with E-state index in [0.717, 1.165) is 31.6 Å². The predicted octanol–water partition coefficient (Wildman–Crippen LogP) is 4.17. The molecule has 0 unspecified atom stereocenters. The van der Waals surface area contributed by atoms with Crippen LogP contribution in [0.4, 0.5) is 44.2 Å². The van der Waals surface area contributed by atoms with E-state index in [1.54, 1.807) is 49.2 Å². The third kappa shape index (κ3) is 10.1. The molecule has 24 nitrogen and oxygen atoms in total. The zero-order valence-electron chi connectivity index (χ0n) is 39.3. The second kappa shape index (κ2) is 18.8. The van der Waals surface area contributed by atoms with Crippen molar-refractivity contribution in [1.82, 2.24) is 29.9 Å². The average molecular weight is 955 g/mol. The summed E-state index contributed by atoms with van der Waals surface area (Å²) in [6.45, 7) is 15.2. The Morgan fingerprint density at radius 3 is 1.58 bits per heavy atom. The molecule has 0 saturated carbocycles. The molecule has 4 bridgehead atoms. The van der Waals surface area contributed by atoms with Crippen molar-refractivity contribution >= 4 is 58.6 Å². The van der Waals surface area contributed by atoms with Gasteiger partial charge in [0.15, 0.2) is 23.2 Å². The van der Waals surface area contributed by atoms with Gasteiger partial charge in [0, 0.05) is 50.7 Å². The number of nitrogens with zero attached hydrogens (tertiary/aromatic N) is 10. The van der Waals surface area contributed by atoms with E-state index in [4.69, 9.17) is 33.2 Å². The van der Waals surface area contributed by atoms with Gasteiger partial charge in [0.2, 0.25) is 11.6 Å². The Hall–Kier alpha value is -7.02. The lowest BCUT2D eigenvalue weighted by Gasteiger charge is -2.36. The fourth-order valence-electron chi connectivity index (χ4n) is 9.19. The molecule has 4 amide bonds. The largest absolute Gasteiger partial charge is 0.491 e. The highest BCUT2D eigenvalue weighted by Crippen LogP contribution is 2.42. The molecular weight excluding hydrogens is 901 g/mol. The van der Waals surface area contributed by atoms with Gasteiger partial charge in [-0.05, 0) is 66.5 Å². The number of carboxylic acid groups (broad SMARTS) is 1. The summed E-state index contributed by atoms with van der Waals surface area (Å²) in [4.78, 5) is 83.2. The minimum Gasteiger partial charge on any atom is -0.491 e. The first-order valence-corrected chi connectivity index (χ1v) is 22.5. The molecule has 0 spiro atoms. The van der Waals surface area contributed by atoms with Gasteiger partial charge in [-0.25, -0.2) is 49.1 Å². The average Bonchev–Trinajstić information content (AvgIpc) is 4.10. The van der Waals surface area contributed by atoms with Gasteiger partial charge in [0.05, 0.1) is 43.8 Å². The Balaban J connectivity index is 0.000000172. The van der Waals surface area contributed by atoms with Gasteiger partial charge in [-0.3, -0.25) is 20.4 Å². The van der Waals surface area contributed by atoms with Crippen molar-refractivity contribution in [3.8, 4) is 11.5 Å². The van der Waals surface area contributed by atoms with E-state index in [9.17, 15) is 24.3 Å². The lowest BCUT2D eigenvalue weighted by molar-refractivity contribution is -0.141. The van der Waals surface area contributed by atoms with Crippen LogP contribution >= 0.6 is 0 Å². The summed E-state index contributed by atoms with van der Waals surface area (Å²) in [7, 11) is 1.27.